The summed E-state index contributed by atoms with van der Waals surface area (Å²) in [6.45, 7) is 5.07. The summed E-state index contributed by atoms with van der Waals surface area (Å²) in [4.78, 5) is 11.2. The summed E-state index contributed by atoms with van der Waals surface area (Å²) in [5.41, 5.74) is -0.623. The minimum atomic E-state index is -0.623. The van der Waals surface area contributed by atoms with Crippen LogP contribution in [0.4, 0.5) is 0 Å². The molecule has 2 N–H and O–H groups in total. The number of likely N-dealkylation sites (tertiary alicyclic amines) is 1. The molecule has 6 nitrogen and oxygen atoms in total. The normalized spacial score (nSPS) is 23.5. The van der Waals surface area contributed by atoms with Crippen LogP contribution in [0, 0.1) is 0 Å². The second-order valence-electron chi connectivity index (χ2n) is 7.10. The van der Waals surface area contributed by atoms with Gasteiger partial charge in [-0.15, -0.1) is 0 Å². The van der Waals surface area contributed by atoms with Gasteiger partial charge in [0.15, 0.2) is 5.96 Å². The van der Waals surface area contributed by atoms with Gasteiger partial charge in [-0.2, -0.15) is 0 Å². The SMILES string of the molecule is CCNC(=NCC1(O)CCCCC1)N1CCC(Oc2ccccn2)C1. The summed E-state index contributed by atoms with van der Waals surface area (Å²) in [7, 11) is 0. The van der Waals surface area contributed by atoms with E-state index in [1.807, 2.05) is 18.2 Å². The number of nitrogens with one attached hydrogen (secondary N) is 1. The first kappa shape index (κ1) is 18.0. The molecule has 25 heavy (non-hydrogen) atoms. The lowest BCUT2D eigenvalue weighted by Gasteiger charge is -2.31. The van der Waals surface area contributed by atoms with Crippen molar-refractivity contribution in [3.63, 3.8) is 0 Å². The molecule has 1 unspecified atom stereocenters. The zero-order valence-electron chi connectivity index (χ0n) is 15.2. The molecule has 138 valence electrons. The molecule has 1 atom stereocenters. The molecule has 1 saturated heterocycles. The summed E-state index contributed by atoms with van der Waals surface area (Å²) in [6.07, 6.45) is 7.98. The summed E-state index contributed by atoms with van der Waals surface area (Å²) in [6, 6.07) is 5.71. The Morgan fingerprint density at radius 3 is 2.96 bits per heavy atom. The molecule has 0 radical (unpaired) electrons. The molecule has 3 rings (SSSR count). The number of hydrogen-bond acceptors (Lipinski definition) is 4. The summed E-state index contributed by atoms with van der Waals surface area (Å²) >= 11 is 0. The van der Waals surface area contributed by atoms with E-state index in [9.17, 15) is 5.11 Å². The monoisotopic (exact) mass is 346 g/mol. The number of rotatable bonds is 5. The van der Waals surface area contributed by atoms with Crippen molar-refractivity contribution in [2.45, 2.75) is 57.2 Å². The Labute approximate surface area is 150 Å². The number of ether oxygens (including phenoxy) is 1. The smallest absolute Gasteiger partial charge is 0.213 e. The van der Waals surface area contributed by atoms with Crippen molar-refractivity contribution in [2.24, 2.45) is 4.99 Å². The highest BCUT2D eigenvalue weighted by molar-refractivity contribution is 5.80. The van der Waals surface area contributed by atoms with E-state index in [4.69, 9.17) is 9.73 Å². The molecule has 1 aliphatic heterocycles. The fraction of sp³-hybridized carbons (Fsp3) is 0.684. The van der Waals surface area contributed by atoms with Gasteiger partial charge < -0.3 is 20.1 Å². The van der Waals surface area contributed by atoms with Gasteiger partial charge in [-0.25, -0.2) is 4.98 Å². The van der Waals surface area contributed by atoms with Gasteiger partial charge in [0.1, 0.15) is 6.10 Å². The van der Waals surface area contributed by atoms with E-state index >= 15 is 0 Å². The van der Waals surface area contributed by atoms with Crippen LogP contribution in [0.15, 0.2) is 29.4 Å². The van der Waals surface area contributed by atoms with E-state index in [1.165, 1.54) is 6.42 Å². The minimum absolute atomic E-state index is 0.122. The second kappa shape index (κ2) is 8.52. The van der Waals surface area contributed by atoms with E-state index in [1.54, 1.807) is 6.20 Å². The predicted molar refractivity (Wildman–Crippen MR) is 98.9 cm³/mol. The molecule has 1 aromatic heterocycles. The number of aromatic nitrogens is 1. The fourth-order valence-electron chi connectivity index (χ4n) is 3.62. The molecule has 1 saturated carbocycles. The van der Waals surface area contributed by atoms with E-state index in [2.05, 4.69) is 22.1 Å². The first-order valence-electron chi connectivity index (χ1n) is 9.52. The van der Waals surface area contributed by atoms with Crippen LogP contribution in [0.25, 0.3) is 0 Å². The highest BCUT2D eigenvalue weighted by Crippen LogP contribution is 2.28. The van der Waals surface area contributed by atoms with Crippen LogP contribution in [-0.2, 0) is 0 Å². The van der Waals surface area contributed by atoms with Crippen molar-refractivity contribution < 1.29 is 9.84 Å². The molecule has 0 spiro atoms. The van der Waals surface area contributed by atoms with Crippen LogP contribution in [0.3, 0.4) is 0 Å². The average molecular weight is 346 g/mol. The fourth-order valence-corrected chi connectivity index (χ4v) is 3.62. The molecule has 2 aliphatic rings. The quantitative estimate of drug-likeness (QED) is 0.632. The molecule has 0 aromatic carbocycles. The van der Waals surface area contributed by atoms with Crippen LogP contribution >= 0.6 is 0 Å². The average Bonchev–Trinajstić information content (AvgIpc) is 3.08. The summed E-state index contributed by atoms with van der Waals surface area (Å²) in [5.74, 6) is 1.56. The van der Waals surface area contributed by atoms with Gasteiger partial charge in [-0.05, 0) is 25.8 Å². The van der Waals surface area contributed by atoms with Crippen LogP contribution in [0.2, 0.25) is 0 Å². The summed E-state index contributed by atoms with van der Waals surface area (Å²) < 4.78 is 5.96. The number of pyridine rings is 1. The second-order valence-corrected chi connectivity index (χ2v) is 7.10. The number of guanidine groups is 1. The van der Waals surface area contributed by atoms with Crippen molar-refractivity contribution in [3.8, 4) is 5.88 Å². The van der Waals surface area contributed by atoms with Crippen LogP contribution in [-0.4, -0.2) is 58.8 Å². The standard InChI is InChI=1S/C19H30N4O2/c1-2-20-18(22-15-19(24)10-5-3-6-11-19)23-13-9-16(14-23)25-17-8-4-7-12-21-17/h4,7-8,12,16,24H,2-3,5-6,9-11,13-15H2,1H3,(H,20,22). The maximum absolute atomic E-state index is 10.7. The first-order valence-corrected chi connectivity index (χ1v) is 9.52. The third-order valence-electron chi connectivity index (χ3n) is 5.01. The predicted octanol–water partition coefficient (Wildman–Crippen LogP) is 2.20. The lowest BCUT2D eigenvalue weighted by atomic mass is 9.85. The van der Waals surface area contributed by atoms with Gasteiger partial charge in [0.2, 0.25) is 5.88 Å². The zero-order chi connectivity index (χ0) is 17.5. The third-order valence-corrected chi connectivity index (χ3v) is 5.01. The topological polar surface area (TPSA) is 70.0 Å². The van der Waals surface area contributed by atoms with E-state index in [0.29, 0.717) is 12.4 Å². The number of aliphatic hydroxyl groups is 1. The van der Waals surface area contributed by atoms with Gasteiger partial charge in [-0.3, -0.25) is 4.99 Å². The zero-order valence-corrected chi connectivity index (χ0v) is 15.2. The van der Waals surface area contributed by atoms with Gasteiger partial charge in [0.25, 0.3) is 0 Å². The molecule has 0 amide bonds. The van der Waals surface area contributed by atoms with Gasteiger partial charge >= 0.3 is 0 Å². The molecule has 1 aromatic rings. The number of nitrogens with zero attached hydrogens (tertiary/aromatic N) is 3. The van der Waals surface area contributed by atoms with Crippen molar-refractivity contribution in [3.05, 3.63) is 24.4 Å². The lowest BCUT2D eigenvalue weighted by Crippen LogP contribution is -2.43. The van der Waals surface area contributed by atoms with Gasteiger partial charge in [-0.1, -0.05) is 25.3 Å². The largest absolute Gasteiger partial charge is 0.472 e. The Morgan fingerprint density at radius 1 is 1.40 bits per heavy atom. The van der Waals surface area contributed by atoms with E-state index < -0.39 is 5.60 Å². The van der Waals surface area contributed by atoms with Crippen molar-refractivity contribution in [1.29, 1.82) is 0 Å². The first-order chi connectivity index (χ1) is 12.2. The van der Waals surface area contributed by atoms with E-state index in [-0.39, 0.29) is 6.10 Å². The Bertz CT molecular complexity index is 558. The molecular weight excluding hydrogens is 316 g/mol. The third kappa shape index (κ3) is 5.08. The summed E-state index contributed by atoms with van der Waals surface area (Å²) in [5, 5.41) is 14.1. The van der Waals surface area contributed by atoms with Crippen LogP contribution in [0.1, 0.15) is 45.4 Å². The van der Waals surface area contributed by atoms with Gasteiger partial charge in [0, 0.05) is 31.8 Å². The molecule has 2 heterocycles. The highest BCUT2D eigenvalue weighted by Gasteiger charge is 2.31. The minimum Gasteiger partial charge on any atom is -0.472 e. The van der Waals surface area contributed by atoms with Crippen LogP contribution < -0.4 is 10.1 Å². The number of hydrogen-bond donors (Lipinski definition) is 2. The van der Waals surface area contributed by atoms with Crippen molar-refractivity contribution in [1.82, 2.24) is 15.2 Å². The molecule has 1 aliphatic carbocycles. The molecule has 0 bridgehead atoms. The number of aliphatic imine (C=N–C) groups is 1. The maximum Gasteiger partial charge on any atom is 0.213 e. The Kier molecular flexibility index (Phi) is 6.13. The Hall–Kier alpha value is -1.82. The van der Waals surface area contributed by atoms with Crippen LogP contribution in [0.5, 0.6) is 5.88 Å². The van der Waals surface area contributed by atoms with Crippen molar-refractivity contribution >= 4 is 5.96 Å². The maximum atomic E-state index is 10.7. The Morgan fingerprint density at radius 2 is 2.24 bits per heavy atom. The molecule has 2 fully saturated rings. The van der Waals surface area contributed by atoms with E-state index in [0.717, 1.165) is 57.7 Å². The molecular formula is C19H30N4O2. The van der Waals surface area contributed by atoms with Crippen molar-refractivity contribution in [2.75, 3.05) is 26.2 Å². The van der Waals surface area contributed by atoms with Gasteiger partial charge in [0.05, 0.1) is 18.7 Å². The highest BCUT2D eigenvalue weighted by atomic mass is 16.5. The molecule has 6 heteroatoms. The lowest BCUT2D eigenvalue weighted by molar-refractivity contribution is 0.0130. The Balaban J connectivity index is 1.58.